The number of carboxylic acid groups (broad SMARTS) is 1. The van der Waals surface area contributed by atoms with E-state index < -0.39 is 12.1 Å². The summed E-state index contributed by atoms with van der Waals surface area (Å²) < 4.78 is 0. The summed E-state index contributed by atoms with van der Waals surface area (Å²) in [5.41, 5.74) is 0. The second kappa shape index (κ2) is 8.55. The number of aliphatic hydroxyl groups is 1. The Bertz CT molecular complexity index is 210. The Hall–Kier alpha value is -0.750. The first-order valence-electron chi connectivity index (χ1n) is 4.83. The summed E-state index contributed by atoms with van der Waals surface area (Å²) in [5, 5.41) is 19.5. The summed E-state index contributed by atoms with van der Waals surface area (Å²) in [4.78, 5) is 21.3. The highest BCUT2D eigenvalue weighted by atomic mass is 32.2. The van der Waals surface area contributed by atoms with Gasteiger partial charge in [-0.1, -0.05) is 13.3 Å². The molecule has 5 nitrogen and oxygen atoms in total. The van der Waals surface area contributed by atoms with Crippen LogP contribution >= 0.6 is 11.8 Å². The first-order chi connectivity index (χ1) is 7.07. The van der Waals surface area contributed by atoms with E-state index in [-0.39, 0.29) is 12.5 Å². The van der Waals surface area contributed by atoms with Gasteiger partial charge in [-0.25, -0.2) is 4.79 Å². The Morgan fingerprint density at radius 2 is 2.13 bits per heavy atom. The topological polar surface area (TPSA) is 86.6 Å². The lowest BCUT2D eigenvalue weighted by Gasteiger charge is -2.07. The number of unbranched alkanes of at least 4 members (excludes halogenated alkanes) is 1. The number of rotatable bonds is 8. The van der Waals surface area contributed by atoms with Crippen molar-refractivity contribution in [2.24, 2.45) is 0 Å². The number of aliphatic hydroxyl groups excluding tert-OH is 1. The van der Waals surface area contributed by atoms with Crippen molar-refractivity contribution in [3.8, 4) is 0 Å². The number of hydrogen-bond acceptors (Lipinski definition) is 4. The number of aliphatic carboxylic acids is 1. The smallest absolute Gasteiger partial charge is 0.334 e. The van der Waals surface area contributed by atoms with Crippen molar-refractivity contribution in [1.82, 2.24) is 5.32 Å². The summed E-state index contributed by atoms with van der Waals surface area (Å²) in [7, 11) is 0. The van der Waals surface area contributed by atoms with E-state index in [1.54, 1.807) is 0 Å². The van der Waals surface area contributed by atoms with Gasteiger partial charge in [-0.15, -0.1) is 0 Å². The quantitative estimate of drug-likeness (QED) is 0.519. The van der Waals surface area contributed by atoms with Gasteiger partial charge < -0.3 is 15.5 Å². The molecule has 0 fully saturated rings. The SMILES string of the molecule is CCCCSCC(=O)NC[C@H](O)C(=O)O. The monoisotopic (exact) mass is 235 g/mol. The third-order valence-electron chi connectivity index (χ3n) is 1.65. The van der Waals surface area contributed by atoms with Crippen molar-refractivity contribution in [1.29, 1.82) is 0 Å². The highest BCUT2D eigenvalue weighted by Crippen LogP contribution is 2.03. The molecule has 0 bridgehead atoms. The minimum Gasteiger partial charge on any atom is -0.479 e. The molecule has 0 aliphatic carbocycles. The van der Waals surface area contributed by atoms with Crippen molar-refractivity contribution < 1.29 is 19.8 Å². The largest absolute Gasteiger partial charge is 0.479 e. The average molecular weight is 235 g/mol. The first-order valence-corrected chi connectivity index (χ1v) is 5.98. The molecule has 0 spiro atoms. The molecule has 0 saturated carbocycles. The average Bonchev–Trinajstić information content (AvgIpc) is 2.20. The molecule has 0 rings (SSSR count). The van der Waals surface area contributed by atoms with Gasteiger partial charge in [-0.2, -0.15) is 11.8 Å². The summed E-state index contributed by atoms with van der Waals surface area (Å²) >= 11 is 1.50. The molecule has 0 radical (unpaired) electrons. The molecule has 0 unspecified atom stereocenters. The minimum absolute atomic E-state index is 0.234. The van der Waals surface area contributed by atoms with Crippen LogP contribution in [0.5, 0.6) is 0 Å². The van der Waals surface area contributed by atoms with Gasteiger partial charge in [-0.05, 0) is 12.2 Å². The molecule has 0 aliphatic rings. The molecule has 3 N–H and O–H groups in total. The Morgan fingerprint density at radius 1 is 1.47 bits per heavy atom. The fraction of sp³-hybridized carbons (Fsp3) is 0.778. The van der Waals surface area contributed by atoms with E-state index in [0.29, 0.717) is 5.75 Å². The van der Waals surface area contributed by atoms with Crippen LogP contribution in [0.3, 0.4) is 0 Å². The lowest BCUT2D eigenvalue weighted by molar-refractivity contribution is -0.146. The highest BCUT2D eigenvalue weighted by Gasteiger charge is 2.13. The van der Waals surface area contributed by atoms with Gasteiger partial charge in [0.15, 0.2) is 6.10 Å². The number of thioether (sulfide) groups is 1. The lowest BCUT2D eigenvalue weighted by Crippen LogP contribution is -2.37. The molecule has 88 valence electrons. The van der Waals surface area contributed by atoms with Crippen molar-refractivity contribution in [3.63, 3.8) is 0 Å². The van der Waals surface area contributed by atoms with Gasteiger partial charge in [-0.3, -0.25) is 4.79 Å². The molecule has 0 aromatic heterocycles. The fourth-order valence-electron chi connectivity index (χ4n) is 0.760. The molecular weight excluding hydrogens is 218 g/mol. The van der Waals surface area contributed by atoms with Crippen LogP contribution in [0.25, 0.3) is 0 Å². The molecule has 0 aromatic carbocycles. The van der Waals surface area contributed by atoms with E-state index in [4.69, 9.17) is 10.2 Å². The van der Waals surface area contributed by atoms with Gasteiger partial charge in [0, 0.05) is 0 Å². The van der Waals surface area contributed by atoms with Crippen LogP contribution in [-0.4, -0.2) is 46.2 Å². The predicted octanol–water partition coefficient (Wildman–Crippen LogP) is 0.0814. The summed E-state index contributed by atoms with van der Waals surface area (Å²) in [6.45, 7) is 1.84. The Morgan fingerprint density at radius 3 is 2.67 bits per heavy atom. The van der Waals surface area contributed by atoms with Crippen molar-refractivity contribution in [3.05, 3.63) is 0 Å². The van der Waals surface area contributed by atoms with E-state index in [2.05, 4.69) is 12.2 Å². The second-order valence-corrected chi connectivity index (χ2v) is 4.17. The van der Waals surface area contributed by atoms with E-state index in [0.717, 1.165) is 18.6 Å². The fourth-order valence-corrected chi connectivity index (χ4v) is 1.68. The zero-order chi connectivity index (χ0) is 11.7. The molecule has 0 aliphatic heterocycles. The van der Waals surface area contributed by atoms with Crippen LogP contribution in [0.4, 0.5) is 0 Å². The normalized spacial score (nSPS) is 12.1. The summed E-state index contributed by atoms with van der Waals surface area (Å²) in [6.07, 6.45) is 0.636. The summed E-state index contributed by atoms with van der Waals surface area (Å²) in [5.74, 6) is -0.331. The molecule has 15 heavy (non-hydrogen) atoms. The molecule has 1 atom stereocenters. The molecule has 0 aromatic rings. The number of carbonyl (C=O) groups is 2. The van der Waals surface area contributed by atoms with Crippen LogP contribution in [-0.2, 0) is 9.59 Å². The zero-order valence-corrected chi connectivity index (χ0v) is 9.55. The Balaban J connectivity index is 3.45. The maximum absolute atomic E-state index is 11.1. The van der Waals surface area contributed by atoms with Crippen molar-refractivity contribution in [2.45, 2.75) is 25.9 Å². The molecule has 6 heteroatoms. The van der Waals surface area contributed by atoms with Gasteiger partial charge in [0.2, 0.25) is 5.91 Å². The van der Waals surface area contributed by atoms with Crippen LogP contribution in [0, 0.1) is 0 Å². The number of carbonyl (C=O) groups excluding carboxylic acids is 1. The van der Waals surface area contributed by atoms with Crippen LogP contribution in [0.15, 0.2) is 0 Å². The molecular formula is C9H17NO4S. The molecule has 1 amide bonds. The van der Waals surface area contributed by atoms with Crippen molar-refractivity contribution >= 4 is 23.6 Å². The third-order valence-corrected chi connectivity index (χ3v) is 2.70. The molecule has 0 saturated heterocycles. The number of nitrogens with one attached hydrogen (secondary N) is 1. The van der Waals surface area contributed by atoms with Crippen LogP contribution in [0.2, 0.25) is 0 Å². The third kappa shape index (κ3) is 8.26. The van der Waals surface area contributed by atoms with E-state index in [1.807, 2.05) is 0 Å². The van der Waals surface area contributed by atoms with Crippen molar-refractivity contribution in [2.75, 3.05) is 18.1 Å². The number of hydrogen-bond donors (Lipinski definition) is 3. The maximum atomic E-state index is 11.1. The maximum Gasteiger partial charge on any atom is 0.334 e. The second-order valence-electron chi connectivity index (χ2n) is 3.06. The molecule has 0 heterocycles. The van der Waals surface area contributed by atoms with Crippen LogP contribution in [0.1, 0.15) is 19.8 Å². The highest BCUT2D eigenvalue weighted by molar-refractivity contribution is 7.99. The standard InChI is InChI=1S/C9H17NO4S/c1-2-3-4-15-6-8(12)10-5-7(11)9(13)14/h7,11H,2-6H2,1H3,(H,10,12)(H,13,14)/t7-/m0/s1. The van der Waals surface area contributed by atoms with Gasteiger partial charge in [0.1, 0.15) is 0 Å². The van der Waals surface area contributed by atoms with Gasteiger partial charge in [0.05, 0.1) is 12.3 Å². The number of carboxylic acids is 1. The van der Waals surface area contributed by atoms with E-state index in [9.17, 15) is 9.59 Å². The Kier molecular flexibility index (Phi) is 8.12. The zero-order valence-electron chi connectivity index (χ0n) is 8.73. The van der Waals surface area contributed by atoms with Gasteiger partial charge >= 0.3 is 5.97 Å². The van der Waals surface area contributed by atoms with E-state index in [1.165, 1.54) is 11.8 Å². The predicted molar refractivity (Wildman–Crippen MR) is 58.9 cm³/mol. The van der Waals surface area contributed by atoms with Crippen LogP contribution < -0.4 is 5.32 Å². The first kappa shape index (κ1) is 14.2. The Labute approximate surface area is 93.2 Å². The minimum atomic E-state index is -1.52. The van der Waals surface area contributed by atoms with E-state index >= 15 is 0 Å². The van der Waals surface area contributed by atoms with Gasteiger partial charge in [0.25, 0.3) is 0 Å². The summed E-state index contributed by atoms with van der Waals surface area (Å²) in [6, 6.07) is 0. The number of amides is 1. The lowest BCUT2D eigenvalue weighted by atomic mass is 10.3.